The van der Waals surface area contributed by atoms with E-state index in [2.05, 4.69) is 0 Å². The van der Waals surface area contributed by atoms with Crippen LogP contribution in [0.2, 0.25) is 0 Å². The number of fused-ring (bicyclic) bond motifs is 1. The van der Waals surface area contributed by atoms with Gasteiger partial charge in [-0.1, -0.05) is 32.0 Å². The van der Waals surface area contributed by atoms with Crippen LogP contribution in [0, 0.1) is 5.92 Å². The smallest absolute Gasteiger partial charge is 0.227 e. The van der Waals surface area contributed by atoms with Gasteiger partial charge in [0.2, 0.25) is 5.91 Å². The number of Topliss-reactive ketones (excluding diaryl/α,β-unsaturated/α-hetero) is 1. The maximum atomic E-state index is 12.0. The molecule has 0 fully saturated rings. The number of carbonyl (C=O) groups excluding carboxylic acids is 2. The van der Waals surface area contributed by atoms with Crippen molar-refractivity contribution in [2.45, 2.75) is 33.1 Å². The Balaban J connectivity index is 2.22. The van der Waals surface area contributed by atoms with E-state index in [-0.39, 0.29) is 24.2 Å². The molecule has 0 bridgehead atoms. The Bertz CT molecular complexity index is 467. The van der Waals surface area contributed by atoms with Crippen LogP contribution in [-0.4, -0.2) is 18.2 Å². The first-order chi connectivity index (χ1) is 8.63. The van der Waals surface area contributed by atoms with Crippen molar-refractivity contribution in [3.05, 3.63) is 29.8 Å². The summed E-state index contributed by atoms with van der Waals surface area (Å²) in [5.74, 6) is 0.222. The molecule has 3 heteroatoms. The fourth-order valence-corrected chi connectivity index (χ4v) is 2.21. The molecule has 1 amide bonds. The minimum Gasteiger partial charge on any atom is -0.305 e. The Morgan fingerprint density at radius 2 is 2.06 bits per heavy atom. The average Bonchev–Trinajstić information content (AvgIpc) is 2.41. The van der Waals surface area contributed by atoms with Crippen molar-refractivity contribution in [3.8, 4) is 0 Å². The van der Waals surface area contributed by atoms with Crippen molar-refractivity contribution >= 4 is 17.4 Å². The van der Waals surface area contributed by atoms with E-state index < -0.39 is 0 Å². The second kappa shape index (κ2) is 5.34. The van der Waals surface area contributed by atoms with Crippen LogP contribution in [0.15, 0.2) is 24.3 Å². The molecule has 1 heterocycles. The van der Waals surface area contributed by atoms with E-state index in [1.165, 1.54) is 0 Å². The largest absolute Gasteiger partial charge is 0.305 e. The molecule has 1 unspecified atom stereocenters. The van der Waals surface area contributed by atoms with Gasteiger partial charge in [-0.2, -0.15) is 0 Å². The van der Waals surface area contributed by atoms with Crippen LogP contribution in [-0.2, 0) is 16.0 Å². The van der Waals surface area contributed by atoms with Gasteiger partial charge in [-0.05, 0) is 24.5 Å². The number of amides is 1. The molecule has 3 nitrogen and oxygen atoms in total. The number of aryl methyl sites for hydroxylation is 1. The van der Waals surface area contributed by atoms with E-state index in [0.717, 1.165) is 24.1 Å². The van der Waals surface area contributed by atoms with Crippen molar-refractivity contribution in [2.75, 3.05) is 11.4 Å². The molecule has 1 aliphatic rings. The molecule has 96 valence electrons. The van der Waals surface area contributed by atoms with Gasteiger partial charge in [0.1, 0.15) is 0 Å². The van der Waals surface area contributed by atoms with E-state index in [1.807, 2.05) is 38.1 Å². The Morgan fingerprint density at radius 3 is 2.78 bits per heavy atom. The molecule has 0 aromatic heterocycles. The number of nitrogens with zero attached hydrogens (tertiary/aromatic N) is 1. The van der Waals surface area contributed by atoms with E-state index in [4.69, 9.17) is 0 Å². The molecule has 0 radical (unpaired) electrons. The summed E-state index contributed by atoms with van der Waals surface area (Å²) in [5.41, 5.74) is 2.07. The van der Waals surface area contributed by atoms with Crippen LogP contribution in [0.4, 0.5) is 5.69 Å². The lowest BCUT2D eigenvalue weighted by atomic mass is 9.98. The summed E-state index contributed by atoms with van der Waals surface area (Å²) in [7, 11) is 0. The number of hydrogen-bond acceptors (Lipinski definition) is 2. The van der Waals surface area contributed by atoms with E-state index in [1.54, 1.807) is 4.90 Å². The molecule has 2 rings (SSSR count). The molecule has 0 saturated heterocycles. The molecule has 18 heavy (non-hydrogen) atoms. The van der Waals surface area contributed by atoms with Gasteiger partial charge in [-0.3, -0.25) is 9.59 Å². The first-order valence-electron chi connectivity index (χ1n) is 6.54. The zero-order valence-electron chi connectivity index (χ0n) is 11.0. The average molecular weight is 245 g/mol. The lowest BCUT2D eigenvalue weighted by Gasteiger charge is -2.29. The Kier molecular flexibility index (Phi) is 3.80. The van der Waals surface area contributed by atoms with Crippen LogP contribution >= 0.6 is 0 Å². The lowest BCUT2D eigenvalue weighted by molar-refractivity contribution is -0.124. The Morgan fingerprint density at radius 1 is 1.33 bits per heavy atom. The molecule has 0 saturated carbocycles. The van der Waals surface area contributed by atoms with Crippen molar-refractivity contribution in [2.24, 2.45) is 5.92 Å². The van der Waals surface area contributed by atoms with Gasteiger partial charge in [0, 0.05) is 18.0 Å². The Labute approximate surface area is 108 Å². The van der Waals surface area contributed by atoms with Gasteiger partial charge in [0.25, 0.3) is 0 Å². The highest BCUT2D eigenvalue weighted by Crippen LogP contribution is 2.27. The zero-order valence-corrected chi connectivity index (χ0v) is 11.0. The molecular formula is C15H19NO2. The van der Waals surface area contributed by atoms with Gasteiger partial charge < -0.3 is 4.90 Å². The maximum Gasteiger partial charge on any atom is 0.227 e. The lowest BCUT2D eigenvalue weighted by Crippen LogP contribution is -2.40. The predicted molar refractivity (Wildman–Crippen MR) is 71.6 cm³/mol. The fourth-order valence-electron chi connectivity index (χ4n) is 2.21. The second-order valence-electron chi connectivity index (χ2n) is 4.88. The van der Waals surface area contributed by atoms with E-state index in [0.29, 0.717) is 6.42 Å². The monoisotopic (exact) mass is 245 g/mol. The number of rotatable bonds is 4. The number of hydrogen-bond donors (Lipinski definition) is 0. The van der Waals surface area contributed by atoms with Crippen LogP contribution in [0.5, 0.6) is 0 Å². The molecule has 0 aliphatic carbocycles. The van der Waals surface area contributed by atoms with Crippen LogP contribution < -0.4 is 4.90 Å². The molecular weight excluding hydrogens is 226 g/mol. The third-order valence-corrected chi connectivity index (χ3v) is 3.67. The SMILES string of the molecule is CCC(C)C(=O)CN1C(=O)CCc2ccccc21. The first kappa shape index (κ1) is 12.8. The summed E-state index contributed by atoms with van der Waals surface area (Å²) in [6.45, 7) is 4.13. The molecule has 0 spiro atoms. The summed E-state index contributed by atoms with van der Waals surface area (Å²) in [5, 5.41) is 0. The molecule has 1 atom stereocenters. The van der Waals surface area contributed by atoms with Crippen LogP contribution in [0.3, 0.4) is 0 Å². The maximum absolute atomic E-state index is 12.0. The summed E-state index contributed by atoms with van der Waals surface area (Å²) < 4.78 is 0. The standard InChI is InChI=1S/C15H19NO2/c1-3-11(2)14(17)10-16-13-7-5-4-6-12(13)8-9-15(16)18/h4-7,11H,3,8-10H2,1-2H3. The predicted octanol–water partition coefficient (Wildman–Crippen LogP) is 2.58. The third kappa shape index (κ3) is 2.45. The first-order valence-corrected chi connectivity index (χ1v) is 6.54. The summed E-state index contributed by atoms with van der Waals surface area (Å²) in [4.78, 5) is 25.6. The van der Waals surface area contributed by atoms with Crippen molar-refractivity contribution in [3.63, 3.8) is 0 Å². The van der Waals surface area contributed by atoms with Gasteiger partial charge in [-0.15, -0.1) is 0 Å². The van der Waals surface area contributed by atoms with E-state index in [9.17, 15) is 9.59 Å². The quantitative estimate of drug-likeness (QED) is 0.817. The zero-order chi connectivity index (χ0) is 13.1. The normalized spacial score (nSPS) is 16.3. The van der Waals surface area contributed by atoms with Crippen LogP contribution in [0.25, 0.3) is 0 Å². The minimum absolute atomic E-state index is 0.0203. The third-order valence-electron chi connectivity index (χ3n) is 3.67. The van der Waals surface area contributed by atoms with Gasteiger partial charge in [0.15, 0.2) is 5.78 Å². The fraction of sp³-hybridized carbons (Fsp3) is 0.467. The Hall–Kier alpha value is -1.64. The van der Waals surface area contributed by atoms with Gasteiger partial charge in [-0.25, -0.2) is 0 Å². The van der Waals surface area contributed by atoms with Crippen molar-refractivity contribution in [1.29, 1.82) is 0 Å². The summed E-state index contributed by atoms with van der Waals surface area (Å²) in [6.07, 6.45) is 2.11. The number of anilines is 1. The number of ketones is 1. The van der Waals surface area contributed by atoms with Crippen molar-refractivity contribution < 1.29 is 9.59 Å². The topological polar surface area (TPSA) is 37.4 Å². The molecule has 1 aromatic rings. The van der Waals surface area contributed by atoms with E-state index >= 15 is 0 Å². The van der Waals surface area contributed by atoms with Crippen molar-refractivity contribution in [1.82, 2.24) is 0 Å². The highest BCUT2D eigenvalue weighted by atomic mass is 16.2. The van der Waals surface area contributed by atoms with Crippen LogP contribution in [0.1, 0.15) is 32.3 Å². The molecule has 0 N–H and O–H groups in total. The molecule has 1 aromatic carbocycles. The molecule has 1 aliphatic heterocycles. The summed E-state index contributed by atoms with van der Waals surface area (Å²) in [6, 6.07) is 7.85. The highest BCUT2D eigenvalue weighted by molar-refractivity contribution is 6.01. The minimum atomic E-state index is 0.0203. The number of benzene rings is 1. The number of carbonyl (C=O) groups is 2. The summed E-state index contributed by atoms with van der Waals surface area (Å²) >= 11 is 0. The number of para-hydroxylation sites is 1. The second-order valence-corrected chi connectivity index (χ2v) is 4.88. The highest BCUT2D eigenvalue weighted by Gasteiger charge is 2.26. The van der Waals surface area contributed by atoms with Gasteiger partial charge in [0.05, 0.1) is 6.54 Å². The van der Waals surface area contributed by atoms with Gasteiger partial charge >= 0.3 is 0 Å².